The van der Waals surface area contributed by atoms with Crippen LogP contribution in [0.25, 0.3) is 0 Å². The zero-order chi connectivity index (χ0) is 17.4. The van der Waals surface area contributed by atoms with Crippen LogP contribution in [0.5, 0.6) is 0 Å². The van der Waals surface area contributed by atoms with Gasteiger partial charge in [0.1, 0.15) is 5.67 Å². The fourth-order valence-corrected chi connectivity index (χ4v) is 6.85. The zero-order valence-electron chi connectivity index (χ0n) is 15.2. The Labute approximate surface area is 154 Å². The Balaban J connectivity index is 1.22. The van der Waals surface area contributed by atoms with Crippen LogP contribution in [0.4, 0.5) is 4.39 Å². The van der Waals surface area contributed by atoms with Crippen LogP contribution in [-0.2, 0) is 20.2 Å². The van der Waals surface area contributed by atoms with Crippen LogP contribution >= 0.6 is 0 Å². The molecular weight excluding hydrogens is 331 g/mol. The number of ether oxygens (including phenoxy) is 1. The number of rotatable bonds is 1. The minimum atomic E-state index is -1.28. The quantitative estimate of drug-likeness (QED) is 0.642. The minimum Gasteiger partial charge on any atom is -0.312 e. The third kappa shape index (κ3) is 2.15. The average Bonchev–Trinajstić information content (AvgIpc) is 3.04. The number of benzene rings is 1. The van der Waals surface area contributed by atoms with Crippen molar-refractivity contribution < 1.29 is 18.9 Å². The van der Waals surface area contributed by atoms with Gasteiger partial charge in [-0.15, -0.1) is 0 Å². The Morgan fingerprint density at radius 1 is 0.769 bits per heavy atom. The molecular formula is C22H27FO3. The van der Waals surface area contributed by atoms with E-state index in [0.29, 0.717) is 37.5 Å². The summed E-state index contributed by atoms with van der Waals surface area (Å²) in [7, 11) is 0. The van der Waals surface area contributed by atoms with Gasteiger partial charge in [-0.05, 0) is 62.3 Å². The molecule has 2 spiro atoms. The van der Waals surface area contributed by atoms with Crippen molar-refractivity contribution in [2.24, 2.45) is 23.7 Å². The van der Waals surface area contributed by atoms with E-state index in [1.165, 1.54) is 32.1 Å². The van der Waals surface area contributed by atoms with Gasteiger partial charge in [0.15, 0.2) is 0 Å². The molecule has 0 atom stereocenters. The highest BCUT2D eigenvalue weighted by atomic mass is 19.1. The second-order valence-corrected chi connectivity index (χ2v) is 9.54. The Morgan fingerprint density at radius 3 is 2.00 bits per heavy atom. The molecule has 0 amide bonds. The Morgan fingerprint density at radius 2 is 1.38 bits per heavy atom. The summed E-state index contributed by atoms with van der Waals surface area (Å²) in [4.78, 5) is 11.9. The zero-order valence-corrected chi connectivity index (χ0v) is 15.2. The normalized spacial score (nSPS) is 52.2. The molecule has 3 nitrogen and oxygen atoms in total. The van der Waals surface area contributed by atoms with Crippen LogP contribution in [0.15, 0.2) is 30.3 Å². The first-order valence-corrected chi connectivity index (χ1v) is 10.4. The lowest BCUT2D eigenvalue weighted by Gasteiger charge is -2.57. The van der Waals surface area contributed by atoms with E-state index in [0.717, 1.165) is 17.4 Å². The van der Waals surface area contributed by atoms with E-state index < -0.39 is 17.2 Å². The molecule has 6 fully saturated rings. The van der Waals surface area contributed by atoms with E-state index >= 15 is 4.39 Å². The molecule has 0 aromatic heterocycles. The average molecular weight is 358 g/mol. The first kappa shape index (κ1) is 16.0. The van der Waals surface area contributed by atoms with Crippen LogP contribution in [0.1, 0.15) is 63.4 Å². The Kier molecular flexibility index (Phi) is 3.27. The molecule has 7 rings (SSSR count). The summed E-state index contributed by atoms with van der Waals surface area (Å²) in [6, 6.07) is 9.55. The Hall–Kier alpha value is -0.970. The van der Waals surface area contributed by atoms with Gasteiger partial charge in [0.25, 0.3) is 0 Å². The van der Waals surface area contributed by atoms with Crippen molar-refractivity contribution >= 4 is 0 Å². The van der Waals surface area contributed by atoms with Crippen molar-refractivity contribution in [2.75, 3.05) is 0 Å². The third-order valence-corrected chi connectivity index (χ3v) is 8.04. The highest BCUT2D eigenvalue weighted by molar-refractivity contribution is 5.23. The molecule has 26 heavy (non-hydrogen) atoms. The first-order valence-electron chi connectivity index (χ1n) is 10.4. The summed E-state index contributed by atoms with van der Waals surface area (Å²) in [5.74, 6) is 1.36. The summed E-state index contributed by atoms with van der Waals surface area (Å²) in [6.07, 6.45) is 8.23. The molecule has 6 aliphatic rings. The summed E-state index contributed by atoms with van der Waals surface area (Å²) in [6.45, 7) is 0. The lowest BCUT2D eigenvalue weighted by atomic mass is 9.53. The van der Waals surface area contributed by atoms with Gasteiger partial charge in [0, 0.05) is 24.7 Å². The molecule has 0 N–H and O–H groups in total. The number of halogens is 1. The minimum absolute atomic E-state index is 0.428. The molecule has 4 bridgehead atoms. The van der Waals surface area contributed by atoms with E-state index in [-0.39, 0.29) is 0 Å². The molecule has 0 radical (unpaired) electrons. The summed E-state index contributed by atoms with van der Waals surface area (Å²) >= 11 is 0. The van der Waals surface area contributed by atoms with Gasteiger partial charge in [-0.1, -0.05) is 30.3 Å². The van der Waals surface area contributed by atoms with Gasteiger partial charge in [-0.25, -0.2) is 4.39 Å². The van der Waals surface area contributed by atoms with Gasteiger partial charge in [0.2, 0.25) is 11.6 Å². The highest BCUT2D eigenvalue weighted by Crippen LogP contribution is 2.64. The summed E-state index contributed by atoms with van der Waals surface area (Å²) < 4.78 is 22.2. The predicted molar refractivity (Wildman–Crippen MR) is 93.5 cm³/mol. The van der Waals surface area contributed by atoms with Crippen molar-refractivity contribution in [3.8, 4) is 0 Å². The SMILES string of the molecule is FC1(c2ccccc2)CCC2(CC1)OOC1(O2)C2CC3CC(C2)CC1C3. The van der Waals surface area contributed by atoms with Crippen LogP contribution in [0.2, 0.25) is 0 Å². The van der Waals surface area contributed by atoms with E-state index in [1.54, 1.807) is 0 Å². The van der Waals surface area contributed by atoms with Crippen molar-refractivity contribution in [1.29, 1.82) is 0 Å². The van der Waals surface area contributed by atoms with Crippen LogP contribution < -0.4 is 0 Å². The molecule has 4 heteroatoms. The molecule has 140 valence electrons. The Bertz CT molecular complexity index is 667. The largest absolute Gasteiger partial charge is 0.312 e. The summed E-state index contributed by atoms with van der Waals surface area (Å²) in [5, 5.41) is 0. The van der Waals surface area contributed by atoms with E-state index in [9.17, 15) is 0 Å². The van der Waals surface area contributed by atoms with Crippen molar-refractivity contribution in [3.05, 3.63) is 35.9 Å². The number of hydrogen-bond acceptors (Lipinski definition) is 3. The smallest absolute Gasteiger partial charge is 0.210 e. The highest BCUT2D eigenvalue weighted by Gasteiger charge is 2.67. The number of alkyl halides is 1. The van der Waals surface area contributed by atoms with E-state index in [1.807, 2.05) is 30.3 Å². The molecule has 0 unspecified atom stereocenters. The van der Waals surface area contributed by atoms with Crippen LogP contribution in [-0.4, -0.2) is 11.6 Å². The molecule has 1 aromatic carbocycles. The molecule has 1 saturated heterocycles. The van der Waals surface area contributed by atoms with Gasteiger partial charge in [-0.3, -0.25) is 0 Å². The van der Waals surface area contributed by atoms with E-state index in [4.69, 9.17) is 14.5 Å². The lowest BCUT2D eigenvalue weighted by Crippen LogP contribution is -2.59. The molecule has 5 aliphatic carbocycles. The van der Waals surface area contributed by atoms with Crippen LogP contribution in [0.3, 0.4) is 0 Å². The van der Waals surface area contributed by atoms with Gasteiger partial charge in [-0.2, -0.15) is 9.78 Å². The topological polar surface area (TPSA) is 27.7 Å². The predicted octanol–water partition coefficient (Wildman–Crippen LogP) is 5.25. The fourth-order valence-electron chi connectivity index (χ4n) is 6.85. The molecule has 5 saturated carbocycles. The van der Waals surface area contributed by atoms with E-state index in [2.05, 4.69) is 0 Å². The summed E-state index contributed by atoms with van der Waals surface area (Å²) in [5.41, 5.74) is -0.503. The second-order valence-electron chi connectivity index (χ2n) is 9.54. The molecule has 1 heterocycles. The maximum atomic E-state index is 15.5. The number of hydrogen-bond donors (Lipinski definition) is 0. The van der Waals surface area contributed by atoms with Crippen LogP contribution in [0, 0.1) is 23.7 Å². The monoisotopic (exact) mass is 358 g/mol. The first-order chi connectivity index (χ1) is 12.6. The molecule has 1 aliphatic heterocycles. The van der Waals surface area contributed by atoms with Crippen molar-refractivity contribution in [3.63, 3.8) is 0 Å². The van der Waals surface area contributed by atoms with Gasteiger partial charge < -0.3 is 4.74 Å². The standard InChI is InChI=1S/C22H27FO3/c23-20(17-4-2-1-3-5-17)6-8-21(9-7-20)24-22(26-25-21)18-11-15-10-16(13-18)14-19(22)12-15/h1-5,15-16,18-19H,6-14H2. The van der Waals surface area contributed by atoms with Crippen molar-refractivity contribution in [1.82, 2.24) is 0 Å². The van der Waals surface area contributed by atoms with Crippen molar-refractivity contribution in [2.45, 2.75) is 75.0 Å². The van der Waals surface area contributed by atoms with Gasteiger partial charge in [0.05, 0.1) is 0 Å². The maximum absolute atomic E-state index is 15.5. The maximum Gasteiger partial charge on any atom is 0.210 e. The van der Waals surface area contributed by atoms with Gasteiger partial charge >= 0.3 is 0 Å². The third-order valence-electron chi connectivity index (χ3n) is 8.04. The molecule has 1 aromatic rings. The second kappa shape index (κ2) is 5.30. The fraction of sp³-hybridized carbons (Fsp3) is 0.727. The lowest BCUT2D eigenvalue weighted by molar-refractivity contribution is -0.390.